The zero-order valence-corrected chi connectivity index (χ0v) is 11.1. The van der Waals surface area contributed by atoms with Crippen molar-refractivity contribution >= 4 is 11.6 Å². The van der Waals surface area contributed by atoms with Gasteiger partial charge in [0.25, 0.3) is 5.91 Å². The van der Waals surface area contributed by atoms with E-state index in [1.165, 1.54) is 0 Å². The Morgan fingerprint density at radius 2 is 1.95 bits per heavy atom. The third-order valence-corrected chi connectivity index (χ3v) is 3.67. The van der Waals surface area contributed by atoms with Crippen LogP contribution in [0.5, 0.6) is 0 Å². The van der Waals surface area contributed by atoms with Crippen molar-refractivity contribution in [3.8, 4) is 0 Å². The highest BCUT2D eigenvalue weighted by Gasteiger charge is 2.30. The van der Waals surface area contributed by atoms with Crippen molar-refractivity contribution in [1.82, 2.24) is 5.32 Å². The maximum atomic E-state index is 13.7. The molecule has 1 amide bonds. The third kappa shape index (κ3) is 3.25. The number of aliphatic hydroxyl groups is 1. The van der Waals surface area contributed by atoms with Gasteiger partial charge in [-0.2, -0.15) is 0 Å². The molecule has 1 fully saturated rings. The van der Waals surface area contributed by atoms with Crippen molar-refractivity contribution in [3.05, 3.63) is 29.3 Å². The summed E-state index contributed by atoms with van der Waals surface area (Å²) in [4.78, 5) is 11.9. The molecule has 2 rings (SSSR count). The zero-order valence-electron chi connectivity index (χ0n) is 11.1. The van der Waals surface area contributed by atoms with Gasteiger partial charge in [-0.25, -0.2) is 8.78 Å². The van der Waals surface area contributed by atoms with E-state index in [2.05, 4.69) is 5.32 Å². The number of amides is 1. The van der Waals surface area contributed by atoms with E-state index >= 15 is 0 Å². The number of hydrogen-bond donors (Lipinski definition) is 3. The molecule has 1 aliphatic rings. The number of rotatable bonds is 3. The molecule has 0 radical (unpaired) electrons. The fourth-order valence-electron chi connectivity index (χ4n) is 2.50. The SMILES string of the molecule is Nc1cc(F)cc(C(=O)NCC2(O)CCCCC2)c1F. The Bertz CT molecular complexity index is 514. The number of benzene rings is 1. The van der Waals surface area contributed by atoms with Crippen LogP contribution in [0.15, 0.2) is 12.1 Å². The van der Waals surface area contributed by atoms with Crippen LogP contribution in [0.2, 0.25) is 0 Å². The van der Waals surface area contributed by atoms with Gasteiger partial charge in [-0.1, -0.05) is 19.3 Å². The highest BCUT2D eigenvalue weighted by atomic mass is 19.1. The van der Waals surface area contributed by atoms with E-state index in [4.69, 9.17) is 5.73 Å². The largest absolute Gasteiger partial charge is 0.396 e. The van der Waals surface area contributed by atoms with Crippen molar-refractivity contribution in [1.29, 1.82) is 0 Å². The number of carbonyl (C=O) groups excluding carboxylic acids is 1. The fraction of sp³-hybridized carbons (Fsp3) is 0.500. The topological polar surface area (TPSA) is 75.4 Å². The first-order valence-corrected chi connectivity index (χ1v) is 6.66. The van der Waals surface area contributed by atoms with Gasteiger partial charge < -0.3 is 16.2 Å². The van der Waals surface area contributed by atoms with Crippen molar-refractivity contribution in [2.45, 2.75) is 37.7 Å². The lowest BCUT2D eigenvalue weighted by atomic mass is 9.85. The molecule has 1 saturated carbocycles. The lowest BCUT2D eigenvalue weighted by Crippen LogP contribution is -2.44. The molecule has 4 nitrogen and oxygen atoms in total. The summed E-state index contributed by atoms with van der Waals surface area (Å²) in [5.74, 6) is -2.49. The summed E-state index contributed by atoms with van der Waals surface area (Å²) in [5, 5.41) is 12.7. The summed E-state index contributed by atoms with van der Waals surface area (Å²) in [6.07, 6.45) is 4.05. The lowest BCUT2D eigenvalue weighted by Gasteiger charge is -2.32. The minimum Gasteiger partial charge on any atom is -0.396 e. The molecule has 1 aromatic rings. The van der Waals surface area contributed by atoms with Crippen LogP contribution in [0.4, 0.5) is 14.5 Å². The summed E-state index contributed by atoms with van der Waals surface area (Å²) in [6.45, 7) is 0.0295. The van der Waals surface area contributed by atoms with Crippen LogP contribution in [0, 0.1) is 11.6 Å². The Labute approximate surface area is 116 Å². The van der Waals surface area contributed by atoms with E-state index in [-0.39, 0.29) is 6.54 Å². The molecule has 0 saturated heterocycles. The molecule has 0 aromatic heterocycles. The molecular weight excluding hydrogens is 266 g/mol. The van der Waals surface area contributed by atoms with Gasteiger partial charge in [0.1, 0.15) is 5.82 Å². The fourth-order valence-corrected chi connectivity index (χ4v) is 2.50. The van der Waals surface area contributed by atoms with E-state index < -0.39 is 34.4 Å². The first-order chi connectivity index (χ1) is 9.41. The van der Waals surface area contributed by atoms with Crippen LogP contribution in [-0.4, -0.2) is 23.2 Å². The average Bonchev–Trinajstić information content (AvgIpc) is 2.41. The van der Waals surface area contributed by atoms with Gasteiger partial charge in [-0.3, -0.25) is 4.79 Å². The van der Waals surface area contributed by atoms with Gasteiger partial charge >= 0.3 is 0 Å². The van der Waals surface area contributed by atoms with Crippen LogP contribution in [0.1, 0.15) is 42.5 Å². The molecular formula is C14H18F2N2O2. The number of nitrogens with two attached hydrogens (primary N) is 1. The predicted octanol–water partition coefficient (Wildman–Crippen LogP) is 1.97. The molecule has 0 atom stereocenters. The number of carbonyl (C=O) groups is 1. The quantitative estimate of drug-likeness (QED) is 0.743. The van der Waals surface area contributed by atoms with Gasteiger partial charge in [0, 0.05) is 6.54 Å². The van der Waals surface area contributed by atoms with Gasteiger partial charge in [0.15, 0.2) is 5.82 Å². The van der Waals surface area contributed by atoms with Crippen LogP contribution >= 0.6 is 0 Å². The molecule has 1 aromatic carbocycles. The monoisotopic (exact) mass is 284 g/mol. The van der Waals surface area contributed by atoms with Crippen LogP contribution < -0.4 is 11.1 Å². The first-order valence-electron chi connectivity index (χ1n) is 6.66. The highest BCUT2D eigenvalue weighted by molar-refractivity contribution is 5.95. The smallest absolute Gasteiger partial charge is 0.254 e. The molecule has 110 valence electrons. The molecule has 20 heavy (non-hydrogen) atoms. The number of nitrogens with one attached hydrogen (secondary N) is 1. The van der Waals surface area contributed by atoms with Crippen LogP contribution in [0.25, 0.3) is 0 Å². The van der Waals surface area contributed by atoms with Gasteiger partial charge in [-0.05, 0) is 25.0 Å². The Kier molecular flexibility index (Phi) is 4.23. The normalized spacial score (nSPS) is 17.8. The summed E-state index contributed by atoms with van der Waals surface area (Å²) in [7, 11) is 0. The highest BCUT2D eigenvalue weighted by Crippen LogP contribution is 2.27. The Hall–Kier alpha value is -1.69. The second kappa shape index (κ2) is 5.75. The molecule has 4 N–H and O–H groups in total. The molecule has 0 aliphatic heterocycles. The standard InChI is InChI=1S/C14H18F2N2O2/c15-9-6-10(12(16)11(17)7-9)13(19)18-8-14(20)4-2-1-3-5-14/h6-7,20H,1-5,8,17H2,(H,18,19). The summed E-state index contributed by atoms with van der Waals surface area (Å²) in [6, 6.07) is 1.62. The Morgan fingerprint density at radius 3 is 2.60 bits per heavy atom. The minimum atomic E-state index is -0.955. The van der Waals surface area contributed by atoms with Gasteiger partial charge in [-0.15, -0.1) is 0 Å². The lowest BCUT2D eigenvalue weighted by molar-refractivity contribution is 0.00521. The molecule has 1 aliphatic carbocycles. The molecule has 0 bridgehead atoms. The maximum absolute atomic E-state index is 13.7. The first kappa shape index (κ1) is 14.7. The Balaban J connectivity index is 2.05. The molecule has 0 spiro atoms. The van der Waals surface area contributed by atoms with Crippen molar-refractivity contribution in [2.75, 3.05) is 12.3 Å². The molecule has 0 heterocycles. The van der Waals surface area contributed by atoms with E-state index in [1.807, 2.05) is 0 Å². The zero-order chi connectivity index (χ0) is 14.8. The van der Waals surface area contributed by atoms with E-state index in [1.54, 1.807) is 0 Å². The van der Waals surface area contributed by atoms with Crippen molar-refractivity contribution < 1.29 is 18.7 Å². The van der Waals surface area contributed by atoms with Crippen molar-refractivity contribution in [3.63, 3.8) is 0 Å². The number of nitrogen functional groups attached to an aromatic ring is 1. The molecule has 0 unspecified atom stereocenters. The number of halogens is 2. The van der Waals surface area contributed by atoms with Gasteiger partial charge in [0.05, 0.1) is 16.9 Å². The third-order valence-electron chi connectivity index (χ3n) is 3.67. The maximum Gasteiger partial charge on any atom is 0.254 e. The summed E-state index contributed by atoms with van der Waals surface area (Å²) in [5.41, 5.74) is 3.47. The number of anilines is 1. The average molecular weight is 284 g/mol. The van der Waals surface area contributed by atoms with Crippen LogP contribution in [-0.2, 0) is 0 Å². The van der Waals surface area contributed by atoms with Crippen LogP contribution in [0.3, 0.4) is 0 Å². The Morgan fingerprint density at radius 1 is 1.30 bits per heavy atom. The van der Waals surface area contributed by atoms with Crippen molar-refractivity contribution in [2.24, 2.45) is 0 Å². The summed E-state index contributed by atoms with van der Waals surface area (Å²) < 4.78 is 26.8. The van der Waals surface area contributed by atoms with E-state index in [0.29, 0.717) is 12.8 Å². The molecule has 6 heteroatoms. The number of hydrogen-bond acceptors (Lipinski definition) is 3. The second-order valence-electron chi connectivity index (χ2n) is 5.32. The predicted molar refractivity (Wildman–Crippen MR) is 71.1 cm³/mol. The second-order valence-corrected chi connectivity index (χ2v) is 5.32. The van der Waals surface area contributed by atoms with E-state index in [9.17, 15) is 18.7 Å². The van der Waals surface area contributed by atoms with Gasteiger partial charge in [0.2, 0.25) is 0 Å². The minimum absolute atomic E-state index is 0.0295. The summed E-state index contributed by atoms with van der Waals surface area (Å²) >= 11 is 0. The van der Waals surface area contributed by atoms with E-state index in [0.717, 1.165) is 31.4 Å².